The molecule has 0 amide bonds. The van der Waals surface area contributed by atoms with Gasteiger partial charge in [0, 0.05) is 63.0 Å². The van der Waals surface area contributed by atoms with Crippen molar-refractivity contribution in [1.29, 1.82) is 0 Å². The molecule has 282 valence electrons. The molecule has 0 aliphatic carbocycles. The molecule has 2 aliphatic rings. The number of rotatable bonds is 7. The van der Waals surface area contributed by atoms with Crippen LogP contribution in [0.5, 0.6) is 0 Å². The third kappa shape index (κ3) is 7.27. The normalized spacial score (nSPS) is 14.2. The molecular formula is C50H40Ir2N4-4. The maximum absolute atomic E-state index is 4.86. The van der Waals surface area contributed by atoms with E-state index in [0.29, 0.717) is 0 Å². The molecule has 2 radical (unpaired) electrons. The molecule has 4 nitrogen and oxygen atoms in total. The van der Waals surface area contributed by atoms with Crippen LogP contribution in [0.25, 0.3) is 38.7 Å². The van der Waals surface area contributed by atoms with Crippen LogP contribution in [0.4, 0.5) is 28.4 Å². The van der Waals surface area contributed by atoms with Crippen LogP contribution in [-0.2, 0) is 40.2 Å². The first kappa shape index (κ1) is 39.0. The molecule has 0 N–H and O–H groups in total. The van der Waals surface area contributed by atoms with Gasteiger partial charge in [-0.2, -0.15) is 54.2 Å². The van der Waals surface area contributed by atoms with Gasteiger partial charge in [0.25, 0.3) is 0 Å². The van der Waals surface area contributed by atoms with E-state index in [0.717, 1.165) is 50.6 Å². The second-order valence-electron chi connectivity index (χ2n) is 14.2. The van der Waals surface area contributed by atoms with Gasteiger partial charge < -0.3 is 20.0 Å². The fourth-order valence-corrected chi connectivity index (χ4v) is 8.05. The SMILES string of the molecule is Cc1cc(C)cc(-c2c(-c3c[c-]c(C4[N-]C=CN4c4c(C)cccc4C)cc3)cccc2-c2c[c-]c(N3[CH-]N(c4ccccc4)c4ccccc43)cc2)c1.[Ir].[Ir]. The fourth-order valence-electron chi connectivity index (χ4n) is 8.05. The van der Waals surface area contributed by atoms with Gasteiger partial charge in [0.15, 0.2) is 0 Å². The fraction of sp³-hybridized carbons (Fsp3) is 0.100. The second kappa shape index (κ2) is 16.5. The minimum atomic E-state index is -0.155. The molecule has 7 aromatic rings. The predicted octanol–water partition coefficient (Wildman–Crippen LogP) is 13.3. The van der Waals surface area contributed by atoms with Crippen LogP contribution < -0.4 is 14.7 Å². The van der Waals surface area contributed by atoms with E-state index in [2.05, 4.69) is 213 Å². The standard InChI is InChI=1S/C50H40N4.2Ir/c1-34-30-35(2)32-41(31-34)48-44(38-20-22-40(23-21-38)50-51-28-29-52(50)49-36(3)12-10-13-37(49)4)16-11-17-45(48)39-24-26-43(27-25-39)54-33-53(42-14-6-5-7-15-42)46-18-8-9-19-47(46)54;;/h5-22,24-26,28-33,50H,1-4H3;;/q-4;;. The van der Waals surface area contributed by atoms with Crippen molar-refractivity contribution in [3.63, 3.8) is 0 Å². The predicted molar refractivity (Wildman–Crippen MR) is 225 cm³/mol. The van der Waals surface area contributed by atoms with E-state index in [1.165, 1.54) is 39.1 Å². The van der Waals surface area contributed by atoms with Crippen LogP contribution >= 0.6 is 0 Å². The van der Waals surface area contributed by atoms with Crippen molar-refractivity contribution < 1.29 is 40.2 Å². The topological polar surface area (TPSA) is 23.8 Å². The Morgan fingerprint density at radius 3 is 1.80 bits per heavy atom. The molecule has 0 aromatic heterocycles. The first-order chi connectivity index (χ1) is 26.4. The zero-order valence-corrected chi connectivity index (χ0v) is 36.4. The quantitative estimate of drug-likeness (QED) is 0.149. The van der Waals surface area contributed by atoms with Gasteiger partial charge >= 0.3 is 0 Å². The Morgan fingerprint density at radius 2 is 1.18 bits per heavy atom. The first-order valence-electron chi connectivity index (χ1n) is 18.5. The Balaban J connectivity index is 0.00000240. The first-order valence-corrected chi connectivity index (χ1v) is 18.5. The number of para-hydroxylation sites is 4. The summed E-state index contributed by atoms with van der Waals surface area (Å²) in [6.07, 6.45) is 3.82. The molecule has 0 saturated heterocycles. The van der Waals surface area contributed by atoms with Gasteiger partial charge in [-0.25, -0.2) is 0 Å². The Hall–Kier alpha value is -5.22. The number of hydrogen-bond donors (Lipinski definition) is 0. The summed E-state index contributed by atoms with van der Waals surface area (Å²) >= 11 is 0. The minimum absolute atomic E-state index is 0. The number of benzene rings is 7. The summed E-state index contributed by atoms with van der Waals surface area (Å²) in [7, 11) is 0. The molecule has 2 aliphatic heterocycles. The van der Waals surface area contributed by atoms with Gasteiger partial charge in [-0.05, 0) is 86.6 Å². The summed E-state index contributed by atoms with van der Waals surface area (Å²) in [5, 5.41) is 4.86. The molecule has 0 fully saturated rings. The van der Waals surface area contributed by atoms with E-state index in [1.807, 2.05) is 6.20 Å². The van der Waals surface area contributed by atoms with Crippen LogP contribution in [0.3, 0.4) is 0 Å². The molecule has 56 heavy (non-hydrogen) atoms. The zero-order valence-electron chi connectivity index (χ0n) is 31.6. The monoisotopic (exact) mass is 1080 g/mol. The van der Waals surface area contributed by atoms with Crippen molar-refractivity contribution in [2.24, 2.45) is 0 Å². The largest absolute Gasteiger partial charge is 0.668 e. The molecule has 1 unspecified atom stereocenters. The summed E-state index contributed by atoms with van der Waals surface area (Å²) < 4.78 is 0. The number of hydrogen-bond acceptors (Lipinski definition) is 3. The molecule has 0 bridgehead atoms. The van der Waals surface area contributed by atoms with Crippen molar-refractivity contribution >= 4 is 28.4 Å². The van der Waals surface area contributed by atoms with E-state index in [-0.39, 0.29) is 46.4 Å². The minimum Gasteiger partial charge on any atom is -0.668 e. The van der Waals surface area contributed by atoms with Crippen molar-refractivity contribution in [1.82, 2.24) is 0 Å². The van der Waals surface area contributed by atoms with Crippen molar-refractivity contribution in [2.45, 2.75) is 33.9 Å². The average Bonchev–Trinajstić information content (AvgIpc) is 3.84. The van der Waals surface area contributed by atoms with Gasteiger partial charge in [0.1, 0.15) is 0 Å². The van der Waals surface area contributed by atoms with E-state index >= 15 is 0 Å². The van der Waals surface area contributed by atoms with Crippen LogP contribution in [0.15, 0.2) is 158 Å². The Morgan fingerprint density at radius 1 is 0.571 bits per heavy atom. The zero-order chi connectivity index (χ0) is 36.8. The summed E-state index contributed by atoms with van der Waals surface area (Å²) in [6, 6.07) is 59.3. The number of nitrogens with zero attached hydrogens (tertiary/aromatic N) is 4. The third-order valence-corrected chi connectivity index (χ3v) is 10.4. The van der Waals surface area contributed by atoms with Crippen molar-refractivity contribution in [2.75, 3.05) is 14.7 Å². The number of aryl methyl sites for hydroxylation is 4. The Kier molecular flexibility index (Phi) is 11.5. The maximum Gasteiger partial charge on any atom is 0.0455 e. The molecule has 7 aromatic carbocycles. The van der Waals surface area contributed by atoms with E-state index < -0.39 is 0 Å². The molecule has 6 heteroatoms. The van der Waals surface area contributed by atoms with Gasteiger partial charge in [-0.1, -0.05) is 107 Å². The van der Waals surface area contributed by atoms with E-state index in [1.54, 1.807) is 0 Å². The summed E-state index contributed by atoms with van der Waals surface area (Å²) in [4.78, 5) is 6.72. The molecule has 1 atom stereocenters. The maximum atomic E-state index is 4.86. The van der Waals surface area contributed by atoms with Crippen molar-refractivity contribution in [3.8, 4) is 33.4 Å². The molecular weight excluding hydrogens is 1040 g/mol. The third-order valence-electron chi connectivity index (χ3n) is 10.4. The second-order valence-corrected chi connectivity index (χ2v) is 14.2. The summed E-state index contributed by atoms with van der Waals surface area (Å²) in [6.45, 7) is 10.8. The van der Waals surface area contributed by atoms with Crippen molar-refractivity contribution in [3.05, 3.63) is 210 Å². The van der Waals surface area contributed by atoms with Gasteiger partial charge in [0.2, 0.25) is 0 Å². The molecule has 0 spiro atoms. The Bertz CT molecular complexity index is 2470. The van der Waals surface area contributed by atoms with Crippen LogP contribution in [-0.4, -0.2) is 0 Å². The smallest absolute Gasteiger partial charge is 0.0455 e. The van der Waals surface area contributed by atoms with Gasteiger partial charge in [-0.15, -0.1) is 29.5 Å². The van der Waals surface area contributed by atoms with Crippen LogP contribution in [0.1, 0.15) is 34.0 Å². The molecule has 0 saturated carbocycles. The van der Waals surface area contributed by atoms with E-state index in [4.69, 9.17) is 5.32 Å². The van der Waals surface area contributed by atoms with Crippen LogP contribution in [0.2, 0.25) is 0 Å². The van der Waals surface area contributed by atoms with E-state index in [9.17, 15) is 0 Å². The van der Waals surface area contributed by atoms with Gasteiger partial charge in [0.05, 0.1) is 0 Å². The average molecular weight is 1080 g/mol. The number of fused-ring (bicyclic) bond motifs is 1. The van der Waals surface area contributed by atoms with Gasteiger partial charge in [-0.3, -0.25) is 0 Å². The number of anilines is 5. The molecule has 2 heterocycles. The summed E-state index contributed by atoms with van der Waals surface area (Å²) in [5.41, 5.74) is 18.5. The Labute approximate surface area is 358 Å². The molecule has 9 rings (SSSR count). The van der Waals surface area contributed by atoms with Crippen LogP contribution in [0, 0.1) is 46.5 Å². The summed E-state index contributed by atoms with van der Waals surface area (Å²) in [5.74, 6) is 0.